The third kappa shape index (κ3) is 4.51. The Morgan fingerprint density at radius 2 is 1.86 bits per heavy atom. The number of fused-ring (bicyclic) bond motifs is 1. The molecule has 4 rings (SSSR count). The lowest BCUT2D eigenvalue weighted by molar-refractivity contribution is -0.133. The normalized spacial score (nSPS) is 21.4. The van der Waals surface area contributed by atoms with E-state index in [0.29, 0.717) is 11.4 Å². The molecule has 1 aromatic rings. The Morgan fingerprint density at radius 1 is 1.11 bits per heavy atom. The molecular weight excluding hydrogens is 422 g/mol. The number of carbonyl (C=O) groups is 2. The summed E-state index contributed by atoms with van der Waals surface area (Å²) >= 11 is 3.42. The molecule has 1 saturated carbocycles. The zero-order valence-corrected chi connectivity index (χ0v) is 17.8. The standard InChI is InChI=1S/C21H28BrN3O3/c22-17-6-7-18-19(12-17)28-15-21(27)25(18)14-20(26)24-10-8-23(9-11-24)13-16-4-2-1-3-5-16/h6-7,12,16H,1-5,8-11,13-15H2. The van der Waals surface area contributed by atoms with E-state index in [4.69, 9.17) is 4.74 Å². The third-order valence-corrected chi connectivity index (χ3v) is 6.62. The van der Waals surface area contributed by atoms with Crippen LogP contribution in [-0.4, -0.2) is 67.5 Å². The van der Waals surface area contributed by atoms with Gasteiger partial charge in [0, 0.05) is 37.2 Å². The first-order valence-corrected chi connectivity index (χ1v) is 11.1. The van der Waals surface area contributed by atoms with E-state index in [0.717, 1.165) is 36.6 Å². The van der Waals surface area contributed by atoms with Gasteiger partial charge in [0.25, 0.3) is 5.91 Å². The van der Waals surface area contributed by atoms with Crippen molar-refractivity contribution in [1.29, 1.82) is 0 Å². The SMILES string of the molecule is O=C(CN1C(=O)COc2cc(Br)ccc21)N1CCN(CC2CCCCC2)CC1. The molecule has 2 amide bonds. The number of hydrogen-bond acceptors (Lipinski definition) is 4. The molecule has 7 heteroatoms. The molecule has 0 atom stereocenters. The van der Waals surface area contributed by atoms with Gasteiger partial charge in [0.05, 0.1) is 5.69 Å². The van der Waals surface area contributed by atoms with Gasteiger partial charge >= 0.3 is 0 Å². The average Bonchev–Trinajstić information content (AvgIpc) is 2.71. The molecule has 2 heterocycles. The van der Waals surface area contributed by atoms with Gasteiger partial charge in [-0.05, 0) is 37.0 Å². The lowest BCUT2D eigenvalue weighted by Gasteiger charge is -2.38. The van der Waals surface area contributed by atoms with Crippen molar-refractivity contribution in [3.8, 4) is 5.75 Å². The summed E-state index contributed by atoms with van der Waals surface area (Å²) in [4.78, 5) is 31.2. The van der Waals surface area contributed by atoms with Crippen LogP contribution in [0.3, 0.4) is 0 Å². The fourth-order valence-electron chi connectivity index (χ4n) is 4.50. The molecule has 2 fully saturated rings. The van der Waals surface area contributed by atoms with Crippen LogP contribution in [0.25, 0.3) is 0 Å². The highest BCUT2D eigenvalue weighted by Gasteiger charge is 2.30. The molecule has 0 aromatic heterocycles. The van der Waals surface area contributed by atoms with Crippen LogP contribution in [0.15, 0.2) is 22.7 Å². The molecule has 0 N–H and O–H groups in total. The van der Waals surface area contributed by atoms with Crippen LogP contribution < -0.4 is 9.64 Å². The Balaban J connectivity index is 1.32. The van der Waals surface area contributed by atoms with Gasteiger partial charge in [-0.1, -0.05) is 35.2 Å². The first-order chi connectivity index (χ1) is 13.6. The molecule has 0 radical (unpaired) electrons. The van der Waals surface area contributed by atoms with Crippen molar-refractivity contribution in [2.24, 2.45) is 5.92 Å². The number of nitrogens with zero attached hydrogens (tertiary/aromatic N) is 3. The third-order valence-electron chi connectivity index (χ3n) is 6.12. The van der Waals surface area contributed by atoms with E-state index in [2.05, 4.69) is 20.8 Å². The van der Waals surface area contributed by atoms with Gasteiger partial charge in [-0.3, -0.25) is 19.4 Å². The van der Waals surface area contributed by atoms with Crippen molar-refractivity contribution >= 4 is 33.4 Å². The van der Waals surface area contributed by atoms with Crippen LogP contribution >= 0.6 is 15.9 Å². The Bertz CT molecular complexity index is 728. The van der Waals surface area contributed by atoms with Crippen molar-refractivity contribution in [2.45, 2.75) is 32.1 Å². The molecule has 3 aliphatic rings. The van der Waals surface area contributed by atoms with Crippen molar-refractivity contribution in [3.05, 3.63) is 22.7 Å². The van der Waals surface area contributed by atoms with E-state index in [9.17, 15) is 9.59 Å². The summed E-state index contributed by atoms with van der Waals surface area (Å²) in [5.41, 5.74) is 0.670. The number of carbonyl (C=O) groups excluding carboxylic acids is 2. The number of hydrogen-bond donors (Lipinski definition) is 0. The first kappa shape index (κ1) is 19.7. The average molecular weight is 450 g/mol. The van der Waals surface area contributed by atoms with Crippen LogP contribution in [0.2, 0.25) is 0 Å². The Kier molecular flexibility index (Phi) is 6.21. The van der Waals surface area contributed by atoms with E-state index in [1.54, 1.807) is 4.90 Å². The zero-order chi connectivity index (χ0) is 19.5. The van der Waals surface area contributed by atoms with Crippen LogP contribution in [0, 0.1) is 5.92 Å². The molecule has 28 heavy (non-hydrogen) atoms. The minimum Gasteiger partial charge on any atom is -0.482 e. The summed E-state index contributed by atoms with van der Waals surface area (Å²) in [6.07, 6.45) is 6.84. The van der Waals surface area contributed by atoms with Crippen LogP contribution in [0.1, 0.15) is 32.1 Å². The van der Waals surface area contributed by atoms with Crippen LogP contribution in [0.5, 0.6) is 5.75 Å². The number of benzene rings is 1. The van der Waals surface area contributed by atoms with Gasteiger partial charge in [0.2, 0.25) is 5.91 Å². The van der Waals surface area contributed by atoms with Gasteiger partial charge in [0.15, 0.2) is 6.61 Å². The number of piperazine rings is 1. The summed E-state index contributed by atoms with van der Waals surface area (Å²) < 4.78 is 6.40. The fraction of sp³-hybridized carbons (Fsp3) is 0.619. The van der Waals surface area contributed by atoms with Gasteiger partial charge in [-0.2, -0.15) is 0 Å². The summed E-state index contributed by atoms with van der Waals surface area (Å²) in [7, 11) is 0. The smallest absolute Gasteiger partial charge is 0.265 e. The molecule has 2 aliphatic heterocycles. The molecule has 6 nitrogen and oxygen atoms in total. The second-order valence-corrected chi connectivity index (χ2v) is 8.98. The maximum atomic E-state index is 12.8. The highest BCUT2D eigenvalue weighted by atomic mass is 79.9. The van der Waals surface area contributed by atoms with Crippen molar-refractivity contribution in [1.82, 2.24) is 9.80 Å². The fourth-order valence-corrected chi connectivity index (χ4v) is 4.84. The lowest BCUT2D eigenvalue weighted by atomic mass is 9.89. The predicted octanol–water partition coefficient (Wildman–Crippen LogP) is 2.90. The molecular formula is C21H28BrN3O3. The monoisotopic (exact) mass is 449 g/mol. The molecule has 0 bridgehead atoms. The van der Waals surface area contributed by atoms with E-state index in [-0.39, 0.29) is 25.0 Å². The number of ether oxygens (including phenoxy) is 1. The minimum absolute atomic E-state index is 0.0152. The second-order valence-electron chi connectivity index (χ2n) is 8.07. The lowest BCUT2D eigenvalue weighted by Crippen LogP contribution is -2.53. The molecule has 152 valence electrons. The van der Waals surface area contributed by atoms with Crippen LogP contribution in [-0.2, 0) is 9.59 Å². The number of anilines is 1. The van der Waals surface area contributed by atoms with Crippen molar-refractivity contribution in [3.63, 3.8) is 0 Å². The number of amides is 2. The van der Waals surface area contributed by atoms with Crippen LogP contribution in [0.4, 0.5) is 5.69 Å². The first-order valence-electron chi connectivity index (χ1n) is 10.3. The minimum atomic E-state index is -0.167. The highest BCUT2D eigenvalue weighted by molar-refractivity contribution is 9.10. The summed E-state index contributed by atoms with van der Waals surface area (Å²) in [5, 5.41) is 0. The van der Waals surface area contributed by atoms with Crippen molar-refractivity contribution in [2.75, 3.05) is 50.8 Å². The zero-order valence-electron chi connectivity index (χ0n) is 16.2. The quantitative estimate of drug-likeness (QED) is 0.708. The molecule has 0 unspecified atom stereocenters. The van der Waals surface area contributed by atoms with E-state index < -0.39 is 0 Å². The molecule has 1 aromatic carbocycles. The van der Waals surface area contributed by atoms with E-state index in [1.807, 2.05) is 23.1 Å². The Hall–Kier alpha value is -1.60. The van der Waals surface area contributed by atoms with Gasteiger partial charge in [-0.15, -0.1) is 0 Å². The molecule has 0 spiro atoms. The van der Waals surface area contributed by atoms with Crippen molar-refractivity contribution < 1.29 is 14.3 Å². The predicted molar refractivity (Wildman–Crippen MR) is 112 cm³/mol. The largest absolute Gasteiger partial charge is 0.482 e. The van der Waals surface area contributed by atoms with Gasteiger partial charge < -0.3 is 9.64 Å². The van der Waals surface area contributed by atoms with E-state index >= 15 is 0 Å². The topological polar surface area (TPSA) is 53.1 Å². The highest BCUT2D eigenvalue weighted by Crippen LogP contribution is 2.34. The van der Waals surface area contributed by atoms with E-state index in [1.165, 1.54) is 38.6 Å². The summed E-state index contributed by atoms with van der Waals surface area (Å²) in [6.45, 7) is 4.60. The Labute approximate surface area is 174 Å². The van der Waals surface area contributed by atoms with Gasteiger partial charge in [0.1, 0.15) is 12.3 Å². The summed E-state index contributed by atoms with van der Waals surface area (Å²) in [5.74, 6) is 1.32. The second kappa shape index (κ2) is 8.82. The molecule has 1 aliphatic carbocycles. The Morgan fingerprint density at radius 3 is 2.61 bits per heavy atom. The van der Waals surface area contributed by atoms with Gasteiger partial charge in [-0.25, -0.2) is 0 Å². The maximum Gasteiger partial charge on any atom is 0.265 e. The maximum absolute atomic E-state index is 12.8. The number of rotatable bonds is 4. The number of halogens is 1. The summed E-state index contributed by atoms with van der Waals surface area (Å²) in [6, 6.07) is 5.53. The molecule has 1 saturated heterocycles.